The van der Waals surface area contributed by atoms with Crippen LogP contribution in [-0.2, 0) is 0 Å². The zero-order valence-corrected chi connectivity index (χ0v) is 5.02. The van der Waals surface area contributed by atoms with Gasteiger partial charge in [0.15, 0.2) is 0 Å². The van der Waals surface area contributed by atoms with Crippen LogP contribution < -0.4 is 5.73 Å². The van der Waals surface area contributed by atoms with Crippen molar-refractivity contribution in [3.63, 3.8) is 0 Å². The zero-order valence-electron chi connectivity index (χ0n) is 5.02. The molecule has 0 unspecified atom stereocenters. The van der Waals surface area contributed by atoms with Crippen molar-refractivity contribution in [1.82, 2.24) is 0 Å². The summed E-state index contributed by atoms with van der Waals surface area (Å²) in [6.07, 6.45) is 0. The van der Waals surface area contributed by atoms with Crippen LogP contribution in [0.2, 0.25) is 0 Å². The fraction of sp³-hybridized carbons (Fsp3) is 0.600. The predicted molar refractivity (Wildman–Crippen MR) is 33.2 cm³/mol. The summed E-state index contributed by atoms with van der Waals surface area (Å²) in [6, 6.07) is 0. The maximum atomic E-state index is 4.11. The highest BCUT2D eigenvalue weighted by Gasteiger charge is 2.03. The molecule has 0 amide bonds. The van der Waals surface area contributed by atoms with Gasteiger partial charge < -0.3 is 5.73 Å². The molecule has 8 heavy (non-hydrogen) atoms. The number of quaternary nitrogens is 1. The first-order valence-electron chi connectivity index (χ1n) is 2.69. The first-order valence-corrected chi connectivity index (χ1v) is 2.69. The summed E-state index contributed by atoms with van der Waals surface area (Å²) in [5.74, 6) is 0.892. The highest BCUT2D eigenvalue weighted by Crippen LogP contribution is 1.91. The van der Waals surface area contributed by atoms with Gasteiger partial charge in [0.2, 0.25) is 0 Å². The lowest BCUT2D eigenvalue weighted by molar-refractivity contribution is -0.346. The Morgan fingerprint density at radius 1 is 1.75 bits per heavy atom. The number of hydrogen-bond donors (Lipinski definition) is 1. The minimum Gasteiger partial charge on any atom is -0.353 e. The number of nitrogens with zero attached hydrogens (tertiary/aromatic N) is 2. The maximum Gasteiger partial charge on any atom is 0.120 e. The molecule has 0 fully saturated rings. The van der Waals surface area contributed by atoms with Crippen molar-refractivity contribution in [3.05, 3.63) is 0 Å². The molecule has 0 aromatic heterocycles. The van der Waals surface area contributed by atoms with Crippen LogP contribution >= 0.6 is 0 Å². The van der Waals surface area contributed by atoms with E-state index < -0.39 is 0 Å². The molecule has 0 aromatic rings. The fourth-order valence-electron chi connectivity index (χ4n) is 0.640. The van der Waals surface area contributed by atoms with Gasteiger partial charge in [-0.05, 0) is 6.92 Å². The van der Waals surface area contributed by atoms with E-state index in [1.807, 2.05) is 6.92 Å². The van der Waals surface area contributed by atoms with Gasteiger partial charge in [0.05, 0.1) is 12.3 Å². The normalized spacial score (nSPS) is 18.2. The van der Waals surface area contributed by atoms with Gasteiger partial charge in [-0.1, -0.05) is 0 Å². The Morgan fingerprint density at radius 3 is 2.75 bits per heavy atom. The molecule has 1 aliphatic heterocycles. The van der Waals surface area contributed by atoms with Crippen molar-refractivity contribution in [2.75, 3.05) is 13.1 Å². The van der Waals surface area contributed by atoms with Crippen molar-refractivity contribution >= 4 is 11.5 Å². The second-order valence-electron chi connectivity index (χ2n) is 1.79. The van der Waals surface area contributed by atoms with Crippen LogP contribution in [0.3, 0.4) is 0 Å². The van der Waals surface area contributed by atoms with E-state index in [4.69, 9.17) is 0 Å². The van der Waals surface area contributed by atoms with E-state index in [1.165, 1.54) is 0 Å². The largest absolute Gasteiger partial charge is 0.353 e. The van der Waals surface area contributed by atoms with Crippen molar-refractivity contribution in [2.45, 2.75) is 6.92 Å². The smallest absolute Gasteiger partial charge is 0.120 e. The van der Waals surface area contributed by atoms with Crippen LogP contribution in [0.1, 0.15) is 6.92 Å². The summed E-state index contributed by atoms with van der Waals surface area (Å²) in [5, 5.41) is 0. The van der Waals surface area contributed by atoms with Gasteiger partial charge >= 0.3 is 0 Å². The van der Waals surface area contributed by atoms with Gasteiger partial charge in [-0.25, -0.2) is 4.99 Å². The second kappa shape index (κ2) is 2.05. The molecule has 0 atom stereocenters. The van der Waals surface area contributed by atoms with Crippen LogP contribution in [-0.4, -0.2) is 24.6 Å². The standard InChI is InChI=1S/C5H9N3/c1-4-7-3-5(2-6)8-4/h2-3,6H2,1H3/p+1. The Morgan fingerprint density at radius 2 is 2.50 bits per heavy atom. The minimum absolute atomic E-state index is 0.773. The van der Waals surface area contributed by atoms with Crippen molar-refractivity contribution in [3.8, 4) is 0 Å². The fourth-order valence-corrected chi connectivity index (χ4v) is 0.640. The lowest BCUT2D eigenvalue weighted by Crippen LogP contribution is -2.54. The van der Waals surface area contributed by atoms with Gasteiger partial charge in [-0.15, -0.1) is 0 Å². The van der Waals surface area contributed by atoms with Crippen LogP contribution in [0.15, 0.2) is 9.98 Å². The van der Waals surface area contributed by atoms with E-state index in [0.717, 1.165) is 24.6 Å². The molecule has 0 bridgehead atoms. The molecule has 0 saturated heterocycles. The third-order valence-electron chi connectivity index (χ3n) is 1.10. The zero-order chi connectivity index (χ0) is 5.98. The Bertz CT molecular complexity index is 146. The third-order valence-corrected chi connectivity index (χ3v) is 1.10. The quantitative estimate of drug-likeness (QED) is 0.457. The van der Waals surface area contributed by atoms with Gasteiger partial charge in [-0.3, -0.25) is 4.99 Å². The number of aliphatic imine (C=N–C) groups is 2. The molecule has 0 aromatic carbocycles. The number of hydrogen-bond acceptors (Lipinski definition) is 2. The topological polar surface area (TPSA) is 52.4 Å². The summed E-state index contributed by atoms with van der Waals surface area (Å²) < 4.78 is 0. The van der Waals surface area contributed by atoms with E-state index in [2.05, 4.69) is 15.7 Å². The molecule has 1 heterocycles. The van der Waals surface area contributed by atoms with Crippen LogP contribution in [0.5, 0.6) is 0 Å². The lowest BCUT2D eigenvalue weighted by atomic mass is 10.4. The van der Waals surface area contributed by atoms with E-state index >= 15 is 0 Å². The molecule has 3 N–H and O–H groups in total. The van der Waals surface area contributed by atoms with E-state index in [-0.39, 0.29) is 0 Å². The second-order valence-corrected chi connectivity index (χ2v) is 1.79. The van der Waals surface area contributed by atoms with E-state index in [9.17, 15) is 0 Å². The summed E-state index contributed by atoms with van der Waals surface area (Å²) in [6.45, 7) is 3.47. The first kappa shape index (κ1) is 5.44. The van der Waals surface area contributed by atoms with Crippen molar-refractivity contribution in [2.24, 2.45) is 9.98 Å². The van der Waals surface area contributed by atoms with Gasteiger partial charge in [0.1, 0.15) is 12.4 Å². The summed E-state index contributed by atoms with van der Waals surface area (Å²) in [7, 11) is 0. The molecule has 0 saturated carbocycles. The SMILES string of the molecule is CC1=NCC(C[NH3+])=N1. The van der Waals surface area contributed by atoms with Crippen molar-refractivity contribution in [1.29, 1.82) is 0 Å². The Hall–Kier alpha value is -0.700. The molecule has 3 nitrogen and oxygen atoms in total. The molecule has 1 aliphatic rings. The van der Waals surface area contributed by atoms with Gasteiger partial charge in [-0.2, -0.15) is 0 Å². The lowest BCUT2D eigenvalue weighted by Gasteiger charge is -1.82. The predicted octanol–water partition coefficient (Wildman–Crippen LogP) is -0.899. The van der Waals surface area contributed by atoms with Crippen LogP contribution in [0.4, 0.5) is 0 Å². The van der Waals surface area contributed by atoms with Crippen LogP contribution in [0, 0.1) is 0 Å². The Labute approximate surface area is 48.3 Å². The Balaban J connectivity index is 2.56. The maximum absolute atomic E-state index is 4.11. The first-order chi connectivity index (χ1) is 3.83. The van der Waals surface area contributed by atoms with Crippen molar-refractivity contribution < 1.29 is 5.73 Å². The van der Waals surface area contributed by atoms with E-state index in [1.54, 1.807) is 0 Å². The molecule has 0 spiro atoms. The summed E-state index contributed by atoms with van der Waals surface area (Å²) >= 11 is 0. The number of rotatable bonds is 1. The molecule has 0 radical (unpaired) electrons. The number of amidine groups is 1. The Kier molecular flexibility index (Phi) is 1.39. The van der Waals surface area contributed by atoms with Gasteiger partial charge in [0.25, 0.3) is 0 Å². The summed E-state index contributed by atoms with van der Waals surface area (Å²) in [4.78, 5) is 8.17. The van der Waals surface area contributed by atoms with E-state index in [0.29, 0.717) is 0 Å². The summed E-state index contributed by atoms with van der Waals surface area (Å²) in [5.41, 5.74) is 4.80. The molecule has 3 heteroatoms. The molecule has 44 valence electrons. The van der Waals surface area contributed by atoms with Crippen LogP contribution in [0.25, 0.3) is 0 Å². The molecular weight excluding hydrogens is 102 g/mol. The molecular formula is C5H10N3+. The third kappa shape index (κ3) is 0.924. The average molecular weight is 112 g/mol. The highest BCUT2D eigenvalue weighted by molar-refractivity contribution is 6.03. The monoisotopic (exact) mass is 112 g/mol. The van der Waals surface area contributed by atoms with Gasteiger partial charge in [0, 0.05) is 0 Å². The molecule has 0 aliphatic carbocycles. The molecule has 1 rings (SSSR count). The minimum atomic E-state index is 0.773. The highest BCUT2D eigenvalue weighted by atomic mass is 15.0. The average Bonchev–Trinajstić information content (AvgIpc) is 2.14.